The van der Waals surface area contributed by atoms with Crippen molar-refractivity contribution in [2.75, 3.05) is 0 Å². The Morgan fingerprint density at radius 3 is 2.75 bits per heavy atom. The molecule has 0 saturated carbocycles. The molecule has 0 amide bonds. The van der Waals surface area contributed by atoms with Crippen LogP contribution < -0.4 is 0 Å². The van der Waals surface area contributed by atoms with Crippen molar-refractivity contribution < 1.29 is 9.90 Å². The second-order valence-electron chi connectivity index (χ2n) is 4.12. The van der Waals surface area contributed by atoms with E-state index in [1.807, 2.05) is 6.07 Å². The zero-order chi connectivity index (χ0) is 11.7. The van der Waals surface area contributed by atoms with Crippen LogP contribution in [0.15, 0.2) is 33.8 Å². The van der Waals surface area contributed by atoms with Gasteiger partial charge < -0.3 is 5.11 Å². The third kappa shape index (κ3) is 2.19. The summed E-state index contributed by atoms with van der Waals surface area (Å²) in [6.07, 6.45) is 2.58. The molecule has 2 nitrogen and oxygen atoms in total. The number of carboxylic acid groups (broad SMARTS) is 1. The van der Waals surface area contributed by atoms with E-state index in [2.05, 4.69) is 28.1 Å². The molecule has 1 aliphatic rings. The number of carboxylic acids is 1. The number of fused-ring (bicyclic) bond motifs is 1. The molecule has 3 heteroatoms. The molecular weight excluding hydrogens is 268 g/mol. The monoisotopic (exact) mass is 280 g/mol. The molecule has 1 aliphatic carbocycles. The molecule has 16 heavy (non-hydrogen) atoms. The van der Waals surface area contributed by atoms with Crippen molar-refractivity contribution in [2.45, 2.75) is 26.2 Å². The number of aliphatic carboxylic acids is 1. The minimum absolute atomic E-state index is 0.508. The van der Waals surface area contributed by atoms with E-state index in [0.717, 1.165) is 29.3 Å². The molecule has 0 radical (unpaired) electrons. The standard InChI is InChI=1S/C13H13BrO2/c1-8(13(15)16)9-2-3-11-7-12(14)5-4-10(11)6-9/h4-5,7H,2-3,6H2,1H3,(H,15,16). The van der Waals surface area contributed by atoms with Gasteiger partial charge in [-0.2, -0.15) is 0 Å². The molecule has 0 spiro atoms. The molecule has 0 atom stereocenters. The lowest BCUT2D eigenvalue weighted by Gasteiger charge is -2.20. The summed E-state index contributed by atoms with van der Waals surface area (Å²) in [4.78, 5) is 10.9. The topological polar surface area (TPSA) is 37.3 Å². The maximum atomic E-state index is 10.9. The zero-order valence-corrected chi connectivity index (χ0v) is 10.7. The minimum atomic E-state index is -0.796. The number of carbonyl (C=O) groups is 1. The number of aryl methyl sites for hydroxylation is 1. The molecule has 2 rings (SSSR count). The number of benzene rings is 1. The lowest BCUT2D eigenvalue weighted by Crippen LogP contribution is -2.10. The van der Waals surface area contributed by atoms with Crippen LogP contribution in [0.25, 0.3) is 0 Å². The van der Waals surface area contributed by atoms with Crippen LogP contribution >= 0.6 is 15.9 Å². The fraction of sp³-hybridized carbons (Fsp3) is 0.308. The molecule has 0 fully saturated rings. The first kappa shape index (κ1) is 11.4. The van der Waals surface area contributed by atoms with Crippen molar-refractivity contribution in [3.63, 3.8) is 0 Å². The number of halogens is 1. The van der Waals surface area contributed by atoms with Crippen molar-refractivity contribution in [3.05, 3.63) is 44.9 Å². The quantitative estimate of drug-likeness (QED) is 0.802. The van der Waals surface area contributed by atoms with Crippen molar-refractivity contribution in [2.24, 2.45) is 0 Å². The third-order valence-electron chi connectivity index (χ3n) is 3.12. The van der Waals surface area contributed by atoms with Crippen LogP contribution in [0.5, 0.6) is 0 Å². The van der Waals surface area contributed by atoms with E-state index >= 15 is 0 Å². The molecular formula is C13H13BrO2. The average molecular weight is 281 g/mol. The highest BCUT2D eigenvalue weighted by Crippen LogP contribution is 2.29. The van der Waals surface area contributed by atoms with E-state index in [1.165, 1.54) is 11.1 Å². The fourth-order valence-electron chi connectivity index (χ4n) is 2.07. The highest BCUT2D eigenvalue weighted by molar-refractivity contribution is 9.10. The Labute approximate surface area is 103 Å². The van der Waals surface area contributed by atoms with Gasteiger partial charge in [0.2, 0.25) is 0 Å². The van der Waals surface area contributed by atoms with Gasteiger partial charge in [-0.1, -0.05) is 27.6 Å². The lowest BCUT2D eigenvalue weighted by atomic mass is 9.86. The molecule has 0 unspecified atom stereocenters. The largest absolute Gasteiger partial charge is 0.478 e. The Balaban J connectivity index is 2.35. The van der Waals surface area contributed by atoms with Gasteiger partial charge in [0.05, 0.1) is 0 Å². The summed E-state index contributed by atoms with van der Waals surface area (Å²) in [7, 11) is 0. The van der Waals surface area contributed by atoms with Gasteiger partial charge in [-0.05, 0) is 49.4 Å². The van der Waals surface area contributed by atoms with Gasteiger partial charge in [-0.3, -0.25) is 0 Å². The Hall–Kier alpha value is -1.09. The first-order valence-electron chi connectivity index (χ1n) is 5.27. The summed E-state index contributed by atoms with van der Waals surface area (Å²) in [6.45, 7) is 1.70. The summed E-state index contributed by atoms with van der Waals surface area (Å²) in [5, 5.41) is 8.96. The SMILES string of the molecule is CC(C(=O)O)=C1CCc2cc(Br)ccc2C1. The number of allylic oxidation sites excluding steroid dienone is 1. The van der Waals surface area contributed by atoms with Crippen LogP contribution in [0.3, 0.4) is 0 Å². The van der Waals surface area contributed by atoms with Gasteiger partial charge in [0.25, 0.3) is 0 Å². The second kappa shape index (κ2) is 4.42. The van der Waals surface area contributed by atoms with E-state index in [1.54, 1.807) is 6.92 Å². The Morgan fingerprint density at radius 1 is 1.31 bits per heavy atom. The van der Waals surface area contributed by atoms with Gasteiger partial charge >= 0.3 is 5.97 Å². The van der Waals surface area contributed by atoms with Gasteiger partial charge in [-0.15, -0.1) is 0 Å². The lowest BCUT2D eigenvalue weighted by molar-refractivity contribution is -0.132. The van der Waals surface area contributed by atoms with Crippen LogP contribution in [0.4, 0.5) is 0 Å². The molecule has 0 aliphatic heterocycles. The normalized spacial score (nSPS) is 17.9. The van der Waals surface area contributed by atoms with Gasteiger partial charge in [0.15, 0.2) is 0 Å². The molecule has 84 valence electrons. The smallest absolute Gasteiger partial charge is 0.331 e. The zero-order valence-electron chi connectivity index (χ0n) is 9.09. The molecule has 0 bridgehead atoms. The molecule has 0 heterocycles. The Bertz CT molecular complexity index is 475. The van der Waals surface area contributed by atoms with Crippen LogP contribution in [0.1, 0.15) is 24.5 Å². The predicted octanol–water partition coefficient (Wildman–Crippen LogP) is 3.34. The summed E-state index contributed by atoms with van der Waals surface area (Å²) in [6, 6.07) is 6.22. The van der Waals surface area contributed by atoms with E-state index in [0.29, 0.717) is 5.57 Å². The first-order valence-corrected chi connectivity index (χ1v) is 6.06. The maximum absolute atomic E-state index is 10.9. The Morgan fingerprint density at radius 2 is 2.06 bits per heavy atom. The predicted molar refractivity (Wildman–Crippen MR) is 66.5 cm³/mol. The minimum Gasteiger partial charge on any atom is -0.478 e. The van der Waals surface area contributed by atoms with Crippen molar-refractivity contribution >= 4 is 21.9 Å². The summed E-state index contributed by atoms with van der Waals surface area (Å²) in [5.41, 5.74) is 4.15. The fourth-order valence-corrected chi connectivity index (χ4v) is 2.48. The molecule has 1 N–H and O–H groups in total. The third-order valence-corrected chi connectivity index (χ3v) is 3.61. The average Bonchev–Trinajstić information content (AvgIpc) is 2.27. The summed E-state index contributed by atoms with van der Waals surface area (Å²) < 4.78 is 1.09. The molecule has 1 aromatic rings. The first-order chi connectivity index (χ1) is 7.58. The second-order valence-corrected chi connectivity index (χ2v) is 5.04. The molecule has 0 aromatic heterocycles. The number of rotatable bonds is 1. The summed E-state index contributed by atoms with van der Waals surface area (Å²) >= 11 is 3.45. The number of hydrogen-bond acceptors (Lipinski definition) is 1. The van der Waals surface area contributed by atoms with Crippen molar-refractivity contribution in [1.82, 2.24) is 0 Å². The van der Waals surface area contributed by atoms with Crippen LogP contribution in [0.2, 0.25) is 0 Å². The van der Waals surface area contributed by atoms with Gasteiger partial charge in [-0.25, -0.2) is 4.79 Å². The van der Waals surface area contributed by atoms with Crippen LogP contribution in [0, 0.1) is 0 Å². The van der Waals surface area contributed by atoms with Crippen molar-refractivity contribution in [1.29, 1.82) is 0 Å². The van der Waals surface area contributed by atoms with Crippen molar-refractivity contribution in [3.8, 4) is 0 Å². The van der Waals surface area contributed by atoms with Crippen LogP contribution in [-0.2, 0) is 17.6 Å². The van der Waals surface area contributed by atoms with Gasteiger partial charge in [0, 0.05) is 10.0 Å². The highest BCUT2D eigenvalue weighted by atomic mass is 79.9. The Kier molecular flexibility index (Phi) is 3.15. The van der Waals surface area contributed by atoms with Crippen LogP contribution in [-0.4, -0.2) is 11.1 Å². The van der Waals surface area contributed by atoms with E-state index in [9.17, 15) is 4.79 Å². The van der Waals surface area contributed by atoms with E-state index < -0.39 is 5.97 Å². The summed E-state index contributed by atoms with van der Waals surface area (Å²) in [5.74, 6) is -0.796. The van der Waals surface area contributed by atoms with Gasteiger partial charge in [0.1, 0.15) is 0 Å². The van der Waals surface area contributed by atoms with E-state index in [4.69, 9.17) is 5.11 Å². The maximum Gasteiger partial charge on any atom is 0.331 e. The number of hydrogen-bond donors (Lipinski definition) is 1. The molecule has 0 saturated heterocycles. The van der Waals surface area contributed by atoms with E-state index in [-0.39, 0.29) is 0 Å². The molecule has 1 aromatic carbocycles. The highest BCUT2D eigenvalue weighted by Gasteiger charge is 2.17.